The molecule has 3 nitrogen and oxygen atoms in total. The van der Waals surface area contributed by atoms with Crippen molar-refractivity contribution in [1.82, 2.24) is 0 Å². The van der Waals surface area contributed by atoms with E-state index in [9.17, 15) is 9.90 Å². The summed E-state index contributed by atoms with van der Waals surface area (Å²) in [5.41, 5.74) is 2.77. The Morgan fingerprint density at radius 2 is 1.96 bits per heavy atom. The van der Waals surface area contributed by atoms with Crippen LogP contribution in [0.1, 0.15) is 66.7 Å². The molecule has 0 aromatic rings. The van der Waals surface area contributed by atoms with Crippen LogP contribution in [0.4, 0.5) is 0 Å². The molecule has 3 aliphatic rings. The number of aliphatic hydroxyl groups excluding tert-OH is 1. The Labute approximate surface area is 139 Å². The molecule has 2 bridgehead atoms. The highest BCUT2D eigenvalue weighted by Gasteiger charge is 2.58. The zero-order valence-corrected chi connectivity index (χ0v) is 15.1. The van der Waals surface area contributed by atoms with Gasteiger partial charge in [0.1, 0.15) is 11.7 Å². The molecular formula is C20H30O3. The lowest BCUT2D eigenvalue weighted by Gasteiger charge is -2.44. The van der Waals surface area contributed by atoms with Gasteiger partial charge in [0.25, 0.3) is 0 Å². The molecule has 0 aromatic heterocycles. The van der Waals surface area contributed by atoms with Crippen molar-refractivity contribution in [3.05, 3.63) is 22.8 Å². The monoisotopic (exact) mass is 318 g/mol. The molecule has 1 aliphatic heterocycles. The minimum Gasteiger partial charge on any atom is -0.388 e. The third-order valence-corrected chi connectivity index (χ3v) is 6.82. The van der Waals surface area contributed by atoms with Gasteiger partial charge in [-0.3, -0.25) is 4.79 Å². The van der Waals surface area contributed by atoms with Gasteiger partial charge in [-0.15, -0.1) is 0 Å². The fourth-order valence-electron chi connectivity index (χ4n) is 4.48. The normalized spacial score (nSPS) is 47.1. The summed E-state index contributed by atoms with van der Waals surface area (Å²) in [6, 6.07) is 0. The first kappa shape index (κ1) is 16.9. The Balaban J connectivity index is 2.05. The van der Waals surface area contributed by atoms with Gasteiger partial charge in [-0.2, -0.15) is 0 Å². The molecule has 128 valence electrons. The number of carbonyl (C=O) groups excluding carboxylic acids is 1. The average Bonchev–Trinajstić information content (AvgIpc) is 3.14. The van der Waals surface area contributed by atoms with Crippen LogP contribution in [0.2, 0.25) is 0 Å². The number of carbonyl (C=O) groups is 1. The molecule has 0 amide bonds. The quantitative estimate of drug-likeness (QED) is 0.543. The Hall–Kier alpha value is -0.930. The van der Waals surface area contributed by atoms with Gasteiger partial charge in [0.05, 0.1) is 6.10 Å². The zero-order chi connectivity index (χ0) is 17.0. The highest BCUT2D eigenvalue weighted by atomic mass is 16.6. The van der Waals surface area contributed by atoms with Crippen molar-refractivity contribution in [3.8, 4) is 0 Å². The number of ketones is 1. The van der Waals surface area contributed by atoms with Gasteiger partial charge in [-0.25, -0.2) is 0 Å². The van der Waals surface area contributed by atoms with Crippen molar-refractivity contribution >= 4 is 5.78 Å². The van der Waals surface area contributed by atoms with Crippen molar-refractivity contribution in [3.63, 3.8) is 0 Å². The molecule has 23 heavy (non-hydrogen) atoms. The van der Waals surface area contributed by atoms with Crippen LogP contribution in [-0.2, 0) is 9.53 Å². The molecule has 1 saturated heterocycles. The van der Waals surface area contributed by atoms with Crippen LogP contribution in [0.5, 0.6) is 0 Å². The summed E-state index contributed by atoms with van der Waals surface area (Å²) in [6.07, 6.45) is 5.88. The second kappa shape index (κ2) is 5.56. The third-order valence-electron chi connectivity index (χ3n) is 6.82. The Bertz CT molecular complexity index is 588. The van der Waals surface area contributed by atoms with E-state index >= 15 is 0 Å². The average molecular weight is 318 g/mol. The highest BCUT2D eigenvalue weighted by Crippen LogP contribution is 2.51. The van der Waals surface area contributed by atoms with E-state index in [-0.39, 0.29) is 22.9 Å². The van der Waals surface area contributed by atoms with Crippen LogP contribution >= 0.6 is 0 Å². The number of Topliss-reactive ketones (excluding diaryl/α,β-unsaturated/α-hetero) is 1. The summed E-state index contributed by atoms with van der Waals surface area (Å²) in [5.74, 6) is 0.396. The fraction of sp³-hybridized carbons (Fsp3) is 0.750. The number of aliphatic hydroxyl groups is 1. The molecule has 0 saturated carbocycles. The Morgan fingerprint density at radius 3 is 2.65 bits per heavy atom. The topological polar surface area (TPSA) is 49.8 Å². The van der Waals surface area contributed by atoms with Crippen LogP contribution < -0.4 is 0 Å². The SMILES string of the molecule is CC1=C2C(=O)C3OC3(C)CC/C=C(\C)CCC1(C)C(C)CC2O. The lowest BCUT2D eigenvalue weighted by atomic mass is 9.61. The van der Waals surface area contributed by atoms with Gasteiger partial charge in [-0.1, -0.05) is 31.1 Å². The van der Waals surface area contributed by atoms with E-state index in [4.69, 9.17) is 4.74 Å². The van der Waals surface area contributed by atoms with Crippen LogP contribution in [-0.4, -0.2) is 28.7 Å². The molecular weight excluding hydrogens is 288 g/mol. The van der Waals surface area contributed by atoms with Crippen LogP contribution in [0.15, 0.2) is 22.8 Å². The first-order valence-electron chi connectivity index (χ1n) is 8.96. The lowest BCUT2D eigenvalue weighted by Crippen LogP contribution is -2.40. The first-order valence-corrected chi connectivity index (χ1v) is 8.96. The summed E-state index contributed by atoms with van der Waals surface area (Å²) in [7, 11) is 0. The van der Waals surface area contributed by atoms with Gasteiger partial charge < -0.3 is 9.84 Å². The van der Waals surface area contributed by atoms with Gasteiger partial charge in [0.2, 0.25) is 0 Å². The van der Waals surface area contributed by atoms with Crippen molar-refractivity contribution in [1.29, 1.82) is 0 Å². The van der Waals surface area contributed by atoms with Gasteiger partial charge in [-0.05, 0) is 64.2 Å². The minimum absolute atomic E-state index is 0.0240. The number of hydrogen-bond acceptors (Lipinski definition) is 3. The second-order valence-corrected chi connectivity index (χ2v) is 8.37. The molecule has 5 atom stereocenters. The Morgan fingerprint density at radius 1 is 1.26 bits per heavy atom. The number of hydrogen-bond donors (Lipinski definition) is 1. The summed E-state index contributed by atoms with van der Waals surface area (Å²) in [5, 5.41) is 10.6. The second-order valence-electron chi connectivity index (χ2n) is 8.37. The summed E-state index contributed by atoms with van der Waals surface area (Å²) >= 11 is 0. The summed E-state index contributed by atoms with van der Waals surface area (Å²) in [6.45, 7) is 10.7. The molecule has 0 radical (unpaired) electrons. The molecule has 2 aliphatic carbocycles. The minimum atomic E-state index is -0.640. The number of epoxide rings is 1. The molecule has 0 spiro atoms. The maximum atomic E-state index is 13.0. The third kappa shape index (κ3) is 2.72. The smallest absolute Gasteiger partial charge is 0.193 e. The zero-order valence-electron chi connectivity index (χ0n) is 15.1. The maximum Gasteiger partial charge on any atom is 0.193 e. The number of rotatable bonds is 0. The van der Waals surface area contributed by atoms with E-state index in [0.717, 1.165) is 31.3 Å². The molecule has 3 heteroatoms. The molecule has 1 fully saturated rings. The van der Waals surface area contributed by atoms with Crippen molar-refractivity contribution in [2.24, 2.45) is 11.3 Å². The molecule has 3 rings (SSSR count). The summed E-state index contributed by atoms with van der Waals surface area (Å²) < 4.78 is 5.79. The molecule has 0 aromatic carbocycles. The maximum absolute atomic E-state index is 13.0. The van der Waals surface area contributed by atoms with Crippen LogP contribution in [0, 0.1) is 11.3 Å². The molecule has 1 N–H and O–H groups in total. The number of ether oxygens (including phenoxy) is 1. The predicted molar refractivity (Wildman–Crippen MR) is 91.1 cm³/mol. The van der Waals surface area contributed by atoms with Gasteiger partial charge in [0, 0.05) is 5.57 Å². The standard InChI is InChI=1S/C20H30O3/c1-12-7-6-9-20(5)18(23-20)17(22)16-14(3)19(4,10-8-12)13(2)11-15(16)21/h7,13,15,18,21H,6,8-11H2,1-5H3/b12-7+. The fourth-order valence-corrected chi connectivity index (χ4v) is 4.48. The van der Waals surface area contributed by atoms with E-state index in [1.807, 2.05) is 6.92 Å². The van der Waals surface area contributed by atoms with Crippen LogP contribution in [0.3, 0.4) is 0 Å². The van der Waals surface area contributed by atoms with Gasteiger partial charge in [0.15, 0.2) is 5.78 Å². The van der Waals surface area contributed by atoms with E-state index < -0.39 is 6.10 Å². The van der Waals surface area contributed by atoms with Crippen molar-refractivity contribution < 1.29 is 14.6 Å². The first-order chi connectivity index (χ1) is 10.7. The van der Waals surface area contributed by atoms with E-state index in [0.29, 0.717) is 17.9 Å². The highest BCUT2D eigenvalue weighted by molar-refractivity contribution is 6.03. The summed E-state index contributed by atoms with van der Waals surface area (Å²) in [4.78, 5) is 13.0. The van der Waals surface area contributed by atoms with Crippen molar-refractivity contribution in [2.75, 3.05) is 0 Å². The van der Waals surface area contributed by atoms with E-state index in [2.05, 4.69) is 33.8 Å². The van der Waals surface area contributed by atoms with Crippen molar-refractivity contribution in [2.45, 2.75) is 84.5 Å². The molecule has 1 heterocycles. The van der Waals surface area contributed by atoms with E-state index in [1.165, 1.54) is 5.57 Å². The largest absolute Gasteiger partial charge is 0.388 e. The van der Waals surface area contributed by atoms with E-state index in [1.54, 1.807) is 0 Å². The van der Waals surface area contributed by atoms with Gasteiger partial charge >= 0.3 is 0 Å². The Kier molecular flexibility index (Phi) is 4.09. The number of allylic oxidation sites excluding steroid dienone is 3. The number of fused-ring (bicyclic) bond motifs is 2. The predicted octanol–water partition coefficient (Wildman–Crippen LogP) is 3.96. The van der Waals surface area contributed by atoms with Crippen LogP contribution in [0.25, 0.3) is 0 Å². The lowest BCUT2D eigenvalue weighted by molar-refractivity contribution is -0.118. The molecule has 5 unspecified atom stereocenters.